The summed E-state index contributed by atoms with van der Waals surface area (Å²) in [5.74, 6) is 0.561. The number of aromatic amines is 1. The summed E-state index contributed by atoms with van der Waals surface area (Å²) in [6.07, 6.45) is 1.52. The molecule has 2 heterocycles. The molecule has 8 heteroatoms. The smallest absolute Gasteiger partial charge is 0.213 e. The van der Waals surface area contributed by atoms with Gasteiger partial charge >= 0.3 is 0 Å². The van der Waals surface area contributed by atoms with Crippen LogP contribution in [0.15, 0.2) is 65.1 Å². The van der Waals surface area contributed by atoms with E-state index >= 15 is 0 Å². The fourth-order valence-corrected chi connectivity index (χ4v) is 4.62. The Morgan fingerprint density at radius 2 is 1.93 bits per heavy atom. The van der Waals surface area contributed by atoms with E-state index in [1.54, 1.807) is 0 Å². The molecule has 0 amide bonds. The Labute approximate surface area is 171 Å². The number of aromatic nitrogens is 3. The van der Waals surface area contributed by atoms with E-state index in [-0.39, 0.29) is 0 Å². The minimum Gasteiger partial charge on any atom is -0.390 e. The second-order valence-electron chi connectivity index (χ2n) is 6.34. The first-order valence-corrected chi connectivity index (χ1v) is 10.7. The number of H-pyrrole nitrogens is 1. The number of aliphatic hydroxyl groups is 1. The normalized spacial score (nSPS) is 12.2. The number of hydrogen-bond acceptors (Lipinski definition) is 7. The lowest BCUT2D eigenvalue weighted by molar-refractivity contribution is 0.213. The summed E-state index contributed by atoms with van der Waals surface area (Å²) in [5, 5.41) is 24.0. The maximum Gasteiger partial charge on any atom is 0.213 e. The molecule has 28 heavy (non-hydrogen) atoms. The average Bonchev–Trinajstić information content (AvgIpc) is 3.38. The van der Waals surface area contributed by atoms with Crippen molar-refractivity contribution in [2.45, 2.75) is 10.4 Å². The van der Waals surface area contributed by atoms with Crippen LogP contribution in [0.3, 0.4) is 0 Å². The molecule has 0 saturated carbocycles. The first-order valence-electron chi connectivity index (χ1n) is 8.94. The highest BCUT2D eigenvalue weighted by Gasteiger charge is 2.15. The Balaban J connectivity index is 1.34. The van der Waals surface area contributed by atoms with Crippen LogP contribution >= 0.6 is 23.1 Å². The highest BCUT2D eigenvalue weighted by atomic mass is 32.2. The predicted octanol–water partition coefficient (Wildman–Crippen LogP) is 4.35. The Morgan fingerprint density at radius 1 is 1.14 bits per heavy atom. The Bertz CT molecular complexity index is 1030. The average molecular weight is 412 g/mol. The van der Waals surface area contributed by atoms with E-state index in [0.29, 0.717) is 12.3 Å². The van der Waals surface area contributed by atoms with Crippen molar-refractivity contribution in [3.63, 3.8) is 0 Å². The third-order valence-corrected chi connectivity index (χ3v) is 6.60. The van der Waals surface area contributed by atoms with E-state index in [2.05, 4.69) is 32.6 Å². The van der Waals surface area contributed by atoms with E-state index in [4.69, 9.17) is 0 Å². The molecule has 1 atom stereocenters. The maximum absolute atomic E-state index is 10.2. The largest absolute Gasteiger partial charge is 0.390 e. The zero-order valence-electron chi connectivity index (χ0n) is 15.4. The van der Waals surface area contributed by atoms with Crippen LogP contribution in [-0.2, 0) is 0 Å². The molecular weight excluding hydrogens is 390 g/mol. The number of nitrogens with zero attached hydrogens (tertiary/aromatic N) is 3. The summed E-state index contributed by atoms with van der Waals surface area (Å²) < 4.78 is 0.848. The molecule has 1 unspecified atom stereocenters. The number of rotatable bonds is 8. The molecular formula is C20H21N5OS2. The summed E-state index contributed by atoms with van der Waals surface area (Å²) in [6.45, 7) is 0.498. The van der Waals surface area contributed by atoms with E-state index in [1.165, 1.54) is 23.1 Å². The number of thioether (sulfide) groups is 1. The topological polar surface area (TPSA) is 77.1 Å². The van der Waals surface area contributed by atoms with Gasteiger partial charge in [-0.1, -0.05) is 59.5 Å². The third kappa shape index (κ3) is 4.30. The first-order chi connectivity index (χ1) is 13.7. The highest BCUT2D eigenvalue weighted by Crippen LogP contribution is 2.35. The monoisotopic (exact) mass is 411 g/mol. The van der Waals surface area contributed by atoms with Crippen LogP contribution in [0, 0.1) is 0 Å². The molecule has 2 aromatic carbocycles. The number of benzene rings is 2. The van der Waals surface area contributed by atoms with Gasteiger partial charge in [0.2, 0.25) is 5.13 Å². The molecule has 0 aliphatic carbocycles. The van der Waals surface area contributed by atoms with Crippen molar-refractivity contribution in [1.82, 2.24) is 15.2 Å². The van der Waals surface area contributed by atoms with Gasteiger partial charge in [-0.05, 0) is 18.2 Å². The minimum atomic E-state index is -0.469. The van der Waals surface area contributed by atoms with E-state index < -0.39 is 6.10 Å². The third-order valence-electron chi connectivity index (χ3n) is 4.33. The molecule has 6 nitrogen and oxygen atoms in total. The number of hydrogen-bond donors (Lipinski definition) is 3. The minimum absolute atomic E-state index is 0.469. The molecule has 0 fully saturated rings. The molecule has 4 aromatic rings. The molecule has 2 aromatic heterocycles. The molecule has 0 bridgehead atoms. The number of anilines is 3. The second-order valence-corrected chi connectivity index (χ2v) is 8.56. The van der Waals surface area contributed by atoms with Crippen molar-refractivity contribution in [2.24, 2.45) is 0 Å². The molecule has 4 rings (SSSR count). The van der Waals surface area contributed by atoms with Crippen LogP contribution in [0.2, 0.25) is 0 Å². The summed E-state index contributed by atoms with van der Waals surface area (Å²) in [5.41, 5.74) is 3.16. The Hall–Kier alpha value is -2.55. The molecule has 0 saturated heterocycles. The molecule has 0 aliphatic heterocycles. The SMILES string of the molecule is CN(c1nnc(SCC(O)CNc2ccccc2)s1)c1c[nH]c2ccccc12. The van der Waals surface area contributed by atoms with Crippen molar-refractivity contribution in [3.8, 4) is 0 Å². The summed E-state index contributed by atoms with van der Waals surface area (Å²) in [7, 11) is 1.99. The standard InChI is InChI=1S/C20H21N5OS2/c1-25(18-12-22-17-10-6-5-9-16(17)18)19-23-24-20(28-19)27-13-15(26)11-21-14-7-3-2-4-8-14/h2-10,12,15,21-22,26H,11,13H2,1H3. The van der Waals surface area contributed by atoms with Gasteiger partial charge in [0.15, 0.2) is 4.34 Å². The van der Waals surface area contributed by atoms with Crippen LogP contribution < -0.4 is 10.2 Å². The van der Waals surface area contributed by atoms with Crippen molar-refractivity contribution in [2.75, 3.05) is 29.6 Å². The molecule has 144 valence electrons. The fraction of sp³-hybridized carbons (Fsp3) is 0.200. The Morgan fingerprint density at radius 3 is 2.79 bits per heavy atom. The van der Waals surface area contributed by atoms with Gasteiger partial charge in [-0.3, -0.25) is 0 Å². The van der Waals surface area contributed by atoms with Crippen molar-refractivity contribution in [3.05, 3.63) is 60.8 Å². The van der Waals surface area contributed by atoms with E-state index in [9.17, 15) is 5.11 Å². The van der Waals surface area contributed by atoms with Crippen LogP contribution in [0.1, 0.15) is 0 Å². The summed E-state index contributed by atoms with van der Waals surface area (Å²) >= 11 is 3.05. The van der Waals surface area contributed by atoms with Gasteiger partial charge < -0.3 is 20.3 Å². The van der Waals surface area contributed by atoms with Crippen molar-refractivity contribution in [1.29, 1.82) is 0 Å². The molecule has 0 radical (unpaired) electrons. The van der Waals surface area contributed by atoms with Crippen molar-refractivity contribution >= 4 is 50.5 Å². The number of nitrogens with one attached hydrogen (secondary N) is 2. The van der Waals surface area contributed by atoms with Gasteiger partial charge in [0.05, 0.1) is 11.8 Å². The zero-order chi connectivity index (χ0) is 19.3. The predicted molar refractivity (Wildman–Crippen MR) is 118 cm³/mol. The van der Waals surface area contributed by atoms with Crippen LogP contribution in [0.5, 0.6) is 0 Å². The number of para-hydroxylation sites is 2. The van der Waals surface area contributed by atoms with Gasteiger partial charge in [0.25, 0.3) is 0 Å². The van der Waals surface area contributed by atoms with Crippen LogP contribution in [-0.4, -0.2) is 45.7 Å². The lowest BCUT2D eigenvalue weighted by Gasteiger charge is -2.13. The van der Waals surface area contributed by atoms with Gasteiger partial charge in [0.1, 0.15) is 0 Å². The van der Waals surface area contributed by atoms with Crippen molar-refractivity contribution < 1.29 is 5.11 Å². The number of fused-ring (bicyclic) bond motifs is 1. The van der Waals surface area contributed by atoms with Gasteiger partial charge in [-0.15, -0.1) is 10.2 Å². The van der Waals surface area contributed by atoms with Crippen LogP contribution in [0.25, 0.3) is 10.9 Å². The van der Waals surface area contributed by atoms with E-state index in [0.717, 1.165) is 31.7 Å². The summed E-state index contributed by atoms with van der Waals surface area (Å²) in [4.78, 5) is 5.32. The lowest BCUT2D eigenvalue weighted by Crippen LogP contribution is -2.21. The fourth-order valence-electron chi connectivity index (χ4n) is 2.85. The quantitative estimate of drug-likeness (QED) is 0.374. The molecule has 0 aliphatic rings. The lowest BCUT2D eigenvalue weighted by atomic mass is 10.2. The molecule has 0 spiro atoms. The first kappa shape index (κ1) is 18.8. The zero-order valence-corrected chi connectivity index (χ0v) is 17.0. The van der Waals surface area contributed by atoms with Gasteiger partial charge in [-0.2, -0.15) is 0 Å². The van der Waals surface area contributed by atoms with Gasteiger partial charge in [-0.25, -0.2) is 0 Å². The Kier molecular flexibility index (Phi) is 5.80. The summed E-state index contributed by atoms with van der Waals surface area (Å²) in [6, 6.07) is 18.1. The van der Waals surface area contributed by atoms with E-state index in [1.807, 2.05) is 60.6 Å². The molecule has 3 N–H and O–H groups in total. The maximum atomic E-state index is 10.2. The second kappa shape index (κ2) is 8.64. The highest BCUT2D eigenvalue weighted by molar-refractivity contribution is 8.01. The van der Waals surface area contributed by atoms with Gasteiger partial charge in [0, 0.05) is 42.1 Å². The number of aliphatic hydroxyl groups excluding tert-OH is 1. The van der Waals surface area contributed by atoms with Crippen LogP contribution in [0.4, 0.5) is 16.5 Å².